The summed E-state index contributed by atoms with van der Waals surface area (Å²) in [5, 5.41) is 0.219. The van der Waals surface area contributed by atoms with Crippen molar-refractivity contribution in [3.05, 3.63) is 34.6 Å². The van der Waals surface area contributed by atoms with Gasteiger partial charge in [-0.25, -0.2) is 4.39 Å². The predicted molar refractivity (Wildman–Crippen MR) is 60.4 cm³/mol. The molecule has 1 fully saturated rings. The summed E-state index contributed by atoms with van der Waals surface area (Å²) in [6, 6.07) is 4.98. The molecule has 0 bridgehead atoms. The van der Waals surface area contributed by atoms with Crippen molar-refractivity contribution in [1.29, 1.82) is 0 Å². The van der Waals surface area contributed by atoms with Gasteiger partial charge in [-0.2, -0.15) is 0 Å². The Bertz CT molecular complexity index is 351. The summed E-state index contributed by atoms with van der Waals surface area (Å²) >= 11 is 5.73. The maximum Gasteiger partial charge on any atom is 0.141 e. The van der Waals surface area contributed by atoms with Crippen LogP contribution in [-0.2, 0) is 6.42 Å². The molecule has 0 saturated heterocycles. The lowest BCUT2D eigenvalue weighted by atomic mass is 9.71. The van der Waals surface area contributed by atoms with Crippen LogP contribution >= 0.6 is 11.6 Å². The summed E-state index contributed by atoms with van der Waals surface area (Å²) < 4.78 is 12.9. The normalized spacial score (nSPS) is 25.0. The topological polar surface area (TPSA) is 26.0 Å². The van der Waals surface area contributed by atoms with Gasteiger partial charge >= 0.3 is 0 Å². The van der Waals surface area contributed by atoms with E-state index in [0.717, 1.165) is 18.5 Å². The first kappa shape index (κ1) is 10.9. The minimum Gasteiger partial charge on any atom is -0.330 e. The zero-order valence-electron chi connectivity index (χ0n) is 8.55. The number of hydrogen-bond donors (Lipinski definition) is 1. The molecule has 0 aromatic heterocycles. The largest absolute Gasteiger partial charge is 0.330 e. The van der Waals surface area contributed by atoms with Crippen molar-refractivity contribution in [3.8, 4) is 0 Å². The van der Waals surface area contributed by atoms with Crippen molar-refractivity contribution in [1.82, 2.24) is 0 Å². The molecule has 1 aromatic rings. The summed E-state index contributed by atoms with van der Waals surface area (Å²) in [5.41, 5.74) is 6.76. The van der Waals surface area contributed by atoms with Gasteiger partial charge in [0, 0.05) is 0 Å². The fourth-order valence-electron chi connectivity index (χ4n) is 2.19. The monoisotopic (exact) mass is 227 g/mol. The Kier molecular flexibility index (Phi) is 3.27. The Labute approximate surface area is 94.4 Å². The van der Waals surface area contributed by atoms with Crippen molar-refractivity contribution in [2.75, 3.05) is 6.54 Å². The van der Waals surface area contributed by atoms with Gasteiger partial charge in [0.2, 0.25) is 0 Å². The molecule has 1 aromatic carbocycles. The van der Waals surface area contributed by atoms with Crippen molar-refractivity contribution in [2.45, 2.75) is 19.3 Å². The highest BCUT2D eigenvalue weighted by atomic mass is 35.5. The predicted octanol–water partition coefficient (Wildman–Crippen LogP) is 3.01. The van der Waals surface area contributed by atoms with Crippen LogP contribution in [0.1, 0.15) is 18.4 Å². The lowest BCUT2D eigenvalue weighted by Gasteiger charge is -2.36. The van der Waals surface area contributed by atoms with Crippen LogP contribution in [0.2, 0.25) is 5.02 Å². The van der Waals surface area contributed by atoms with Gasteiger partial charge in [-0.3, -0.25) is 0 Å². The van der Waals surface area contributed by atoms with Crippen LogP contribution in [0.15, 0.2) is 18.2 Å². The quantitative estimate of drug-likeness (QED) is 0.844. The van der Waals surface area contributed by atoms with Crippen LogP contribution < -0.4 is 5.73 Å². The molecular weight excluding hydrogens is 213 g/mol. The van der Waals surface area contributed by atoms with Crippen molar-refractivity contribution in [2.24, 2.45) is 17.6 Å². The zero-order valence-corrected chi connectivity index (χ0v) is 9.30. The SMILES string of the molecule is NCC1CCC1Cc1ccc(F)c(Cl)c1. The van der Waals surface area contributed by atoms with Gasteiger partial charge in [0.1, 0.15) is 5.82 Å². The van der Waals surface area contributed by atoms with Crippen molar-refractivity contribution < 1.29 is 4.39 Å². The van der Waals surface area contributed by atoms with Gasteiger partial charge < -0.3 is 5.73 Å². The van der Waals surface area contributed by atoms with Crippen LogP contribution in [0, 0.1) is 17.7 Å². The molecule has 3 heteroatoms. The highest BCUT2D eigenvalue weighted by molar-refractivity contribution is 6.30. The average Bonchev–Trinajstić information content (AvgIpc) is 2.19. The van der Waals surface area contributed by atoms with Crippen LogP contribution in [0.25, 0.3) is 0 Å². The van der Waals surface area contributed by atoms with E-state index in [1.54, 1.807) is 6.07 Å². The molecule has 1 aliphatic carbocycles. The molecule has 0 heterocycles. The third-order valence-corrected chi connectivity index (χ3v) is 3.65. The Morgan fingerprint density at radius 3 is 2.60 bits per heavy atom. The van der Waals surface area contributed by atoms with E-state index >= 15 is 0 Å². The Hall–Kier alpha value is -0.600. The Morgan fingerprint density at radius 2 is 2.07 bits per heavy atom. The smallest absolute Gasteiger partial charge is 0.141 e. The van der Waals surface area contributed by atoms with E-state index in [-0.39, 0.29) is 10.8 Å². The van der Waals surface area contributed by atoms with E-state index in [9.17, 15) is 4.39 Å². The molecule has 1 nitrogen and oxygen atoms in total. The highest BCUT2D eigenvalue weighted by Crippen LogP contribution is 2.36. The lowest BCUT2D eigenvalue weighted by molar-refractivity contribution is 0.183. The fraction of sp³-hybridized carbons (Fsp3) is 0.500. The number of benzene rings is 1. The van der Waals surface area contributed by atoms with Gasteiger partial charge in [0.25, 0.3) is 0 Å². The molecule has 2 unspecified atom stereocenters. The molecule has 1 aliphatic rings. The minimum absolute atomic E-state index is 0.219. The van der Waals surface area contributed by atoms with Crippen LogP contribution in [0.5, 0.6) is 0 Å². The number of halogens is 2. The summed E-state index contributed by atoms with van der Waals surface area (Å²) in [6.45, 7) is 0.763. The molecule has 15 heavy (non-hydrogen) atoms. The standard InChI is InChI=1S/C12H15ClFN/c13-11-6-8(1-4-12(11)14)5-9-2-3-10(9)7-15/h1,4,6,9-10H,2-3,5,7,15H2. The number of rotatable bonds is 3. The molecule has 0 spiro atoms. The van der Waals surface area contributed by atoms with Gasteiger partial charge in [0.05, 0.1) is 5.02 Å². The van der Waals surface area contributed by atoms with Gasteiger partial charge in [-0.05, 0) is 55.3 Å². The summed E-state index contributed by atoms with van der Waals surface area (Å²) in [4.78, 5) is 0. The van der Waals surface area contributed by atoms with Gasteiger partial charge in [0.15, 0.2) is 0 Å². The first-order chi connectivity index (χ1) is 7.20. The fourth-order valence-corrected chi connectivity index (χ4v) is 2.39. The zero-order chi connectivity index (χ0) is 10.8. The molecule has 2 atom stereocenters. The number of hydrogen-bond acceptors (Lipinski definition) is 1. The highest BCUT2D eigenvalue weighted by Gasteiger charge is 2.29. The average molecular weight is 228 g/mol. The van der Waals surface area contributed by atoms with E-state index in [2.05, 4.69) is 0 Å². The first-order valence-electron chi connectivity index (χ1n) is 5.34. The van der Waals surface area contributed by atoms with Crippen LogP contribution in [0.4, 0.5) is 4.39 Å². The van der Waals surface area contributed by atoms with E-state index in [1.807, 2.05) is 6.07 Å². The summed E-state index contributed by atoms with van der Waals surface area (Å²) in [7, 11) is 0. The molecule has 2 N–H and O–H groups in total. The maximum absolute atomic E-state index is 12.9. The van der Waals surface area contributed by atoms with E-state index in [1.165, 1.54) is 18.9 Å². The molecule has 82 valence electrons. The number of nitrogens with two attached hydrogens (primary N) is 1. The summed E-state index contributed by atoms with van der Waals surface area (Å²) in [6.07, 6.45) is 3.44. The molecule has 0 amide bonds. The summed E-state index contributed by atoms with van der Waals surface area (Å²) in [5.74, 6) is 0.967. The molecule has 2 rings (SSSR count). The van der Waals surface area contributed by atoms with Crippen molar-refractivity contribution in [3.63, 3.8) is 0 Å². The second-order valence-electron chi connectivity index (χ2n) is 4.29. The Morgan fingerprint density at radius 1 is 1.33 bits per heavy atom. The Balaban J connectivity index is 2.02. The van der Waals surface area contributed by atoms with Gasteiger partial charge in [-0.15, -0.1) is 0 Å². The maximum atomic E-state index is 12.9. The minimum atomic E-state index is -0.343. The first-order valence-corrected chi connectivity index (χ1v) is 5.72. The second-order valence-corrected chi connectivity index (χ2v) is 4.69. The van der Waals surface area contributed by atoms with E-state index < -0.39 is 0 Å². The second kappa shape index (κ2) is 4.50. The van der Waals surface area contributed by atoms with E-state index in [0.29, 0.717) is 11.8 Å². The molecular formula is C12H15ClFN. The van der Waals surface area contributed by atoms with Gasteiger partial charge in [-0.1, -0.05) is 17.7 Å². The van der Waals surface area contributed by atoms with E-state index in [4.69, 9.17) is 17.3 Å². The molecule has 0 radical (unpaired) electrons. The van der Waals surface area contributed by atoms with Crippen molar-refractivity contribution >= 4 is 11.6 Å². The molecule has 1 saturated carbocycles. The third-order valence-electron chi connectivity index (χ3n) is 3.36. The van der Waals surface area contributed by atoms with Crippen LogP contribution in [-0.4, -0.2) is 6.54 Å². The lowest BCUT2D eigenvalue weighted by Crippen LogP contribution is -2.33. The van der Waals surface area contributed by atoms with Crippen LogP contribution in [0.3, 0.4) is 0 Å². The molecule has 0 aliphatic heterocycles. The third kappa shape index (κ3) is 2.32.